The van der Waals surface area contributed by atoms with Gasteiger partial charge in [-0.1, -0.05) is 17.7 Å². The van der Waals surface area contributed by atoms with E-state index >= 15 is 0 Å². The van der Waals surface area contributed by atoms with Crippen LogP contribution in [0.3, 0.4) is 0 Å². The predicted molar refractivity (Wildman–Crippen MR) is 63.6 cm³/mol. The maximum Gasteiger partial charge on any atom is 0.153 e. The van der Waals surface area contributed by atoms with E-state index in [0.29, 0.717) is 17.4 Å². The molecule has 2 rings (SSSR count). The van der Waals surface area contributed by atoms with Crippen molar-refractivity contribution in [3.8, 4) is 16.9 Å². The minimum Gasteiger partial charge on any atom is -0.507 e. The zero-order valence-electron chi connectivity index (χ0n) is 9.27. The molecule has 0 aliphatic rings. The molecular weight excluding hydrogens is 219 g/mol. The van der Waals surface area contributed by atoms with E-state index < -0.39 is 0 Å². The predicted octanol–water partition coefficient (Wildman–Crippen LogP) is 3.32. The van der Waals surface area contributed by atoms with Crippen LogP contribution in [0.15, 0.2) is 36.4 Å². The Hall–Kier alpha value is -2.16. The highest BCUT2D eigenvalue weighted by Gasteiger charge is 2.08. The van der Waals surface area contributed by atoms with Crippen LogP contribution in [0.5, 0.6) is 5.75 Å². The molecule has 0 saturated heterocycles. The second-order valence-corrected chi connectivity index (χ2v) is 3.87. The Morgan fingerprint density at radius 2 is 1.94 bits per heavy atom. The van der Waals surface area contributed by atoms with E-state index in [9.17, 15) is 14.3 Å². The van der Waals surface area contributed by atoms with Crippen molar-refractivity contribution >= 4 is 6.29 Å². The van der Waals surface area contributed by atoms with Crippen molar-refractivity contribution in [3.63, 3.8) is 0 Å². The van der Waals surface area contributed by atoms with Gasteiger partial charge in [-0.15, -0.1) is 0 Å². The van der Waals surface area contributed by atoms with Crippen LogP contribution < -0.4 is 0 Å². The Bertz CT molecular complexity index is 576. The quantitative estimate of drug-likeness (QED) is 0.803. The van der Waals surface area contributed by atoms with E-state index in [-0.39, 0.29) is 17.1 Å². The highest BCUT2D eigenvalue weighted by molar-refractivity contribution is 5.81. The summed E-state index contributed by atoms with van der Waals surface area (Å²) < 4.78 is 13.6. The van der Waals surface area contributed by atoms with E-state index in [1.54, 1.807) is 18.2 Å². The fraction of sp³-hybridized carbons (Fsp3) is 0.0714. The third-order valence-corrected chi connectivity index (χ3v) is 2.59. The van der Waals surface area contributed by atoms with Gasteiger partial charge in [0, 0.05) is 5.56 Å². The van der Waals surface area contributed by atoms with Crippen molar-refractivity contribution in [1.82, 2.24) is 0 Å². The summed E-state index contributed by atoms with van der Waals surface area (Å²) in [7, 11) is 0. The maximum absolute atomic E-state index is 13.6. The zero-order valence-corrected chi connectivity index (χ0v) is 9.27. The molecule has 0 spiro atoms. The first-order valence-corrected chi connectivity index (χ1v) is 5.16. The van der Waals surface area contributed by atoms with E-state index in [0.717, 1.165) is 5.56 Å². The van der Waals surface area contributed by atoms with Crippen molar-refractivity contribution in [2.24, 2.45) is 0 Å². The number of aryl methyl sites for hydroxylation is 1. The Morgan fingerprint density at radius 3 is 2.59 bits per heavy atom. The summed E-state index contributed by atoms with van der Waals surface area (Å²) >= 11 is 0. The van der Waals surface area contributed by atoms with Gasteiger partial charge in [0.1, 0.15) is 11.6 Å². The summed E-state index contributed by atoms with van der Waals surface area (Å²) in [5, 5.41) is 9.56. The summed E-state index contributed by atoms with van der Waals surface area (Å²) in [4.78, 5) is 10.6. The van der Waals surface area contributed by atoms with Crippen LogP contribution in [-0.2, 0) is 0 Å². The number of carbonyl (C=O) groups is 1. The molecule has 1 N–H and O–H groups in total. The standard InChI is InChI=1S/C14H11FO2/c1-9-2-5-13(15)12(6-9)10-3-4-11(8-16)14(17)7-10/h2-8,17H,1H3. The molecule has 0 bridgehead atoms. The Labute approximate surface area is 98.3 Å². The van der Waals surface area contributed by atoms with Gasteiger partial charge >= 0.3 is 0 Å². The van der Waals surface area contributed by atoms with Crippen LogP contribution in [0.2, 0.25) is 0 Å². The summed E-state index contributed by atoms with van der Waals surface area (Å²) in [6, 6.07) is 9.24. The lowest BCUT2D eigenvalue weighted by Gasteiger charge is -2.06. The summed E-state index contributed by atoms with van der Waals surface area (Å²) in [6.45, 7) is 1.86. The smallest absolute Gasteiger partial charge is 0.153 e. The molecule has 2 nitrogen and oxygen atoms in total. The molecule has 86 valence electrons. The SMILES string of the molecule is Cc1ccc(F)c(-c2ccc(C=O)c(O)c2)c1. The zero-order chi connectivity index (χ0) is 12.4. The van der Waals surface area contributed by atoms with E-state index in [4.69, 9.17) is 0 Å². The average molecular weight is 230 g/mol. The molecule has 2 aromatic carbocycles. The Morgan fingerprint density at radius 1 is 1.18 bits per heavy atom. The largest absolute Gasteiger partial charge is 0.507 e. The van der Waals surface area contributed by atoms with Crippen LogP contribution in [0.1, 0.15) is 15.9 Å². The lowest BCUT2D eigenvalue weighted by molar-refractivity contribution is 0.112. The van der Waals surface area contributed by atoms with Crippen molar-refractivity contribution in [1.29, 1.82) is 0 Å². The number of hydrogen-bond donors (Lipinski definition) is 1. The molecule has 0 radical (unpaired) electrons. The van der Waals surface area contributed by atoms with Gasteiger partial charge in [0.25, 0.3) is 0 Å². The number of hydrogen-bond acceptors (Lipinski definition) is 2. The third kappa shape index (κ3) is 2.18. The fourth-order valence-electron chi connectivity index (χ4n) is 1.67. The second-order valence-electron chi connectivity index (χ2n) is 3.87. The molecule has 0 atom stereocenters. The van der Waals surface area contributed by atoms with Gasteiger partial charge in [-0.25, -0.2) is 4.39 Å². The fourth-order valence-corrected chi connectivity index (χ4v) is 1.67. The first-order valence-electron chi connectivity index (χ1n) is 5.16. The van der Waals surface area contributed by atoms with Gasteiger partial charge in [0.2, 0.25) is 0 Å². The topological polar surface area (TPSA) is 37.3 Å². The highest BCUT2D eigenvalue weighted by atomic mass is 19.1. The molecule has 0 heterocycles. The molecule has 0 unspecified atom stereocenters. The minimum absolute atomic E-state index is 0.140. The van der Waals surface area contributed by atoms with E-state index in [2.05, 4.69) is 0 Å². The lowest BCUT2D eigenvalue weighted by atomic mass is 10.0. The Kier molecular flexibility index (Phi) is 2.91. The van der Waals surface area contributed by atoms with Gasteiger partial charge in [-0.3, -0.25) is 4.79 Å². The molecule has 0 saturated carbocycles. The first-order chi connectivity index (χ1) is 8.11. The van der Waals surface area contributed by atoms with Gasteiger partial charge in [0.05, 0.1) is 5.56 Å². The van der Waals surface area contributed by atoms with Gasteiger partial charge in [-0.05, 0) is 36.8 Å². The van der Waals surface area contributed by atoms with Crippen LogP contribution in [0.4, 0.5) is 4.39 Å². The lowest BCUT2D eigenvalue weighted by Crippen LogP contribution is -1.88. The first kappa shape index (κ1) is 11.3. The monoisotopic (exact) mass is 230 g/mol. The van der Waals surface area contributed by atoms with Crippen LogP contribution in [0.25, 0.3) is 11.1 Å². The number of halogens is 1. The Balaban J connectivity index is 2.57. The maximum atomic E-state index is 13.6. The summed E-state index contributed by atoms with van der Waals surface area (Å²) in [6.07, 6.45) is 0.561. The van der Waals surface area contributed by atoms with E-state index in [1.807, 2.05) is 6.92 Å². The molecule has 17 heavy (non-hydrogen) atoms. The molecule has 0 aliphatic carbocycles. The summed E-state index contributed by atoms with van der Waals surface area (Å²) in [5.74, 6) is -0.493. The van der Waals surface area contributed by atoms with Gasteiger partial charge < -0.3 is 5.11 Å². The second kappa shape index (κ2) is 4.37. The highest BCUT2D eigenvalue weighted by Crippen LogP contribution is 2.28. The van der Waals surface area contributed by atoms with Crippen molar-refractivity contribution in [2.45, 2.75) is 6.92 Å². The molecule has 0 fully saturated rings. The third-order valence-electron chi connectivity index (χ3n) is 2.59. The molecule has 3 heteroatoms. The normalized spacial score (nSPS) is 10.2. The van der Waals surface area contributed by atoms with Crippen LogP contribution in [-0.4, -0.2) is 11.4 Å². The van der Waals surface area contributed by atoms with Crippen molar-refractivity contribution in [2.75, 3.05) is 0 Å². The van der Waals surface area contributed by atoms with Crippen molar-refractivity contribution < 1.29 is 14.3 Å². The number of aldehydes is 1. The van der Waals surface area contributed by atoms with E-state index in [1.165, 1.54) is 18.2 Å². The van der Waals surface area contributed by atoms with Gasteiger partial charge in [-0.2, -0.15) is 0 Å². The molecule has 2 aromatic rings. The molecule has 0 aliphatic heterocycles. The number of rotatable bonds is 2. The number of benzene rings is 2. The average Bonchev–Trinajstić information content (AvgIpc) is 2.32. The number of phenolic OH excluding ortho intramolecular Hbond substituents is 1. The number of phenols is 1. The summed E-state index contributed by atoms with van der Waals surface area (Å²) in [5.41, 5.74) is 2.09. The van der Waals surface area contributed by atoms with Crippen molar-refractivity contribution in [3.05, 3.63) is 53.3 Å². The number of aromatic hydroxyl groups is 1. The van der Waals surface area contributed by atoms with Crippen LogP contribution in [0, 0.1) is 12.7 Å². The molecule has 0 amide bonds. The van der Waals surface area contributed by atoms with Gasteiger partial charge in [0.15, 0.2) is 6.29 Å². The number of carbonyl (C=O) groups excluding carboxylic acids is 1. The molecule has 0 aromatic heterocycles. The minimum atomic E-state index is -0.353. The molecular formula is C14H11FO2. The van der Waals surface area contributed by atoms with Crippen LogP contribution >= 0.6 is 0 Å².